The summed E-state index contributed by atoms with van der Waals surface area (Å²) in [5, 5.41) is 1.12. The number of anilines is 1. The quantitative estimate of drug-likeness (QED) is 0.511. The summed E-state index contributed by atoms with van der Waals surface area (Å²) in [5.41, 5.74) is 5.47. The molecule has 3 aromatic carbocycles. The Morgan fingerprint density at radius 3 is 2.41 bits per heavy atom. The zero-order chi connectivity index (χ0) is 19.0. The van der Waals surface area contributed by atoms with Crippen molar-refractivity contribution in [1.82, 2.24) is 4.98 Å². The minimum absolute atomic E-state index is 0.265. The molecule has 0 atom stereocenters. The third kappa shape index (κ3) is 3.46. The average Bonchev–Trinajstić information content (AvgIpc) is 3.08. The van der Waals surface area contributed by atoms with Crippen molar-refractivity contribution >= 4 is 26.6 Å². The number of benzene rings is 3. The highest BCUT2D eigenvalue weighted by atomic mass is 32.2. The van der Waals surface area contributed by atoms with Crippen molar-refractivity contribution in [2.24, 2.45) is 0 Å². The molecule has 0 saturated heterocycles. The minimum Gasteiger partial charge on any atom is -0.355 e. The minimum atomic E-state index is -3.64. The Hall–Kier alpha value is -3.05. The first-order valence-electron chi connectivity index (χ1n) is 8.71. The van der Waals surface area contributed by atoms with E-state index in [9.17, 15) is 8.42 Å². The predicted octanol–water partition coefficient (Wildman–Crippen LogP) is 5.25. The summed E-state index contributed by atoms with van der Waals surface area (Å²) in [6.07, 6.45) is 0. The maximum absolute atomic E-state index is 12.7. The van der Waals surface area contributed by atoms with Gasteiger partial charge in [-0.25, -0.2) is 8.42 Å². The molecular weight excluding hydrogens is 356 g/mol. The molecule has 0 amide bonds. The first-order valence-corrected chi connectivity index (χ1v) is 10.2. The number of aromatic amines is 1. The van der Waals surface area contributed by atoms with Gasteiger partial charge in [-0.3, -0.25) is 4.72 Å². The molecule has 0 radical (unpaired) electrons. The van der Waals surface area contributed by atoms with Gasteiger partial charge >= 0.3 is 0 Å². The van der Waals surface area contributed by atoms with Crippen LogP contribution < -0.4 is 4.72 Å². The summed E-state index contributed by atoms with van der Waals surface area (Å²) >= 11 is 0. The molecular formula is C22H20N2O2S. The summed E-state index contributed by atoms with van der Waals surface area (Å²) in [4.78, 5) is 3.64. The fourth-order valence-electron chi connectivity index (χ4n) is 3.07. The lowest BCUT2D eigenvalue weighted by molar-refractivity contribution is 0.601. The number of sulfonamides is 1. The lowest BCUT2D eigenvalue weighted by Gasteiger charge is -2.10. The smallest absolute Gasteiger partial charge is 0.261 e. The molecule has 1 aromatic heterocycles. The summed E-state index contributed by atoms with van der Waals surface area (Å²) in [5.74, 6) is 0. The fourth-order valence-corrected chi connectivity index (χ4v) is 4.21. The van der Waals surface area contributed by atoms with Crippen molar-refractivity contribution in [3.8, 4) is 11.3 Å². The number of hydrogen-bond donors (Lipinski definition) is 2. The Bertz CT molecular complexity index is 1210. The SMILES string of the molecule is Cc1ccc(S(=O)(=O)Nc2cccc(-c3cc4ccccc4[nH]3)c2)cc1C. The van der Waals surface area contributed by atoms with Gasteiger partial charge in [-0.2, -0.15) is 0 Å². The van der Waals surface area contributed by atoms with Gasteiger partial charge in [0.05, 0.1) is 4.90 Å². The Morgan fingerprint density at radius 2 is 1.63 bits per heavy atom. The van der Waals surface area contributed by atoms with Crippen molar-refractivity contribution in [2.75, 3.05) is 4.72 Å². The van der Waals surface area contributed by atoms with E-state index in [-0.39, 0.29) is 4.90 Å². The van der Waals surface area contributed by atoms with E-state index in [1.807, 2.05) is 62.4 Å². The van der Waals surface area contributed by atoms with Crippen LogP contribution in [0.2, 0.25) is 0 Å². The van der Waals surface area contributed by atoms with Crippen LogP contribution in [0.25, 0.3) is 22.2 Å². The van der Waals surface area contributed by atoms with Crippen LogP contribution in [-0.4, -0.2) is 13.4 Å². The molecule has 0 fully saturated rings. The zero-order valence-corrected chi connectivity index (χ0v) is 16.0. The number of H-pyrrole nitrogens is 1. The topological polar surface area (TPSA) is 62.0 Å². The number of aryl methyl sites for hydroxylation is 2. The van der Waals surface area contributed by atoms with E-state index < -0.39 is 10.0 Å². The molecule has 136 valence electrons. The number of para-hydroxylation sites is 1. The first-order chi connectivity index (χ1) is 12.9. The van der Waals surface area contributed by atoms with Gasteiger partial charge in [0.25, 0.3) is 10.0 Å². The van der Waals surface area contributed by atoms with Crippen LogP contribution in [0.15, 0.2) is 77.7 Å². The van der Waals surface area contributed by atoms with Crippen molar-refractivity contribution < 1.29 is 8.42 Å². The lowest BCUT2D eigenvalue weighted by atomic mass is 10.1. The Labute approximate surface area is 158 Å². The number of rotatable bonds is 4. The van der Waals surface area contributed by atoms with Crippen molar-refractivity contribution in [2.45, 2.75) is 18.7 Å². The van der Waals surface area contributed by atoms with E-state index in [4.69, 9.17) is 0 Å². The Balaban J connectivity index is 1.67. The summed E-state index contributed by atoms with van der Waals surface area (Å²) < 4.78 is 28.2. The zero-order valence-electron chi connectivity index (χ0n) is 15.2. The number of hydrogen-bond acceptors (Lipinski definition) is 2. The molecule has 4 aromatic rings. The molecule has 0 aliphatic heterocycles. The third-order valence-electron chi connectivity index (χ3n) is 4.74. The molecule has 4 nitrogen and oxygen atoms in total. The molecule has 0 aliphatic rings. The van der Waals surface area contributed by atoms with Crippen LogP contribution in [0.5, 0.6) is 0 Å². The third-order valence-corrected chi connectivity index (χ3v) is 6.12. The van der Waals surface area contributed by atoms with Crippen molar-refractivity contribution in [3.05, 3.63) is 83.9 Å². The second-order valence-corrected chi connectivity index (χ2v) is 8.39. The predicted molar refractivity (Wildman–Crippen MR) is 110 cm³/mol. The molecule has 1 heterocycles. The second-order valence-electron chi connectivity index (χ2n) is 6.70. The van der Waals surface area contributed by atoms with Crippen molar-refractivity contribution in [1.29, 1.82) is 0 Å². The van der Waals surface area contributed by atoms with E-state index in [0.717, 1.165) is 33.3 Å². The van der Waals surface area contributed by atoms with Gasteiger partial charge in [-0.1, -0.05) is 36.4 Å². The van der Waals surface area contributed by atoms with Crippen LogP contribution in [0, 0.1) is 13.8 Å². The molecule has 0 bridgehead atoms. The maximum Gasteiger partial charge on any atom is 0.261 e. The highest BCUT2D eigenvalue weighted by Crippen LogP contribution is 2.27. The number of aromatic nitrogens is 1. The van der Waals surface area contributed by atoms with Gasteiger partial charge in [0, 0.05) is 27.8 Å². The van der Waals surface area contributed by atoms with Crippen LogP contribution >= 0.6 is 0 Å². The van der Waals surface area contributed by atoms with Crippen molar-refractivity contribution in [3.63, 3.8) is 0 Å². The highest BCUT2D eigenvalue weighted by molar-refractivity contribution is 7.92. The van der Waals surface area contributed by atoms with Crippen LogP contribution in [0.4, 0.5) is 5.69 Å². The molecule has 5 heteroatoms. The van der Waals surface area contributed by atoms with E-state index in [1.54, 1.807) is 18.2 Å². The van der Waals surface area contributed by atoms with E-state index in [1.165, 1.54) is 0 Å². The first kappa shape index (κ1) is 17.4. The highest BCUT2D eigenvalue weighted by Gasteiger charge is 2.15. The second kappa shape index (κ2) is 6.59. The van der Waals surface area contributed by atoms with Gasteiger partial charge < -0.3 is 4.98 Å². The summed E-state index contributed by atoms with van der Waals surface area (Å²) in [6.45, 7) is 3.87. The Kier molecular flexibility index (Phi) is 4.24. The number of fused-ring (bicyclic) bond motifs is 1. The van der Waals surface area contributed by atoms with E-state index in [2.05, 4.69) is 15.8 Å². The Morgan fingerprint density at radius 1 is 0.815 bits per heavy atom. The van der Waals surface area contributed by atoms with Crippen LogP contribution in [0.1, 0.15) is 11.1 Å². The summed E-state index contributed by atoms with van der Waals surface area (Å²) in [6, 6.07) is 22.6. The molecule has 27 heavy (non-hydrogen) atoms. The average molecular weight is 376 g/mol. The standard InChI is InChI=1S/C22H20N2O2S/c1-15-10-11-20(12-16(15)2)27(25,26)24-19-8-5-7-17(13-19)22-14-18-6-3-4-9-21(18)23-22/h3-14,23-24H,1-2H3. The normalized spacial score (nSPS) is 11.6. The van der Waals surface area contributed by atoms with Crippen LogP contribution in [-0.2, 0) is 10.0 Å². The largest absolute Gasteiger partial charge is 0.355 e. The fraction of sp³-hybridized carbons (Fsp3) is 0.0909. The summed E-state index contributed by atoms with van der Waals surface area (Å²) in [7, 11) is -3.64. The van der Waals surface area contributed by atoms with E-state index >= 15 is 0 Å². The van der Waals surface area contributed by atoms with Gasteiger partial charge in [0.15, 0.2) is 0 Å². The monoisotopic (exact) mass is 376 g/mol. The van der Waals surface area contributed by atoms with Gasteiger partial charge in [0.1, 0.15) is 0 Å². The molecule has 4 rings (SSSR count). The van der Waals surface area contributed by atoms with Gasteiger partial charge in [0.2, 0.25) is 0 Å². The molecule has 0 unspecified atom stereocenters. The maximum atomic E-state index is 12.7. The van der Waals surface area contributed by atoms with Gasteiger partial charge in [-0.15, -0.1) is 0 Å². The van der Waals surface area contributed by atoms with E-state index in [0.29, 0.717) is 5.69 Å². The van der Waals surface area contributed by atoms with Gasteiger partial charge in [-0.05, 0) is 61.4 Å². The molecule has 0 aliphatic carbocycles. The molecule has 0 saturated carbocycles. The molecule has 2 N–H and O–H groups in total. The lowest BCUT2D eigenvalue weighted by Crippen LogP contribution is -2.13. The molecule has 0 spiro atoms. The number of nitrogens with one attached hydrogen (secondary N) is 2. The van der Waals surface area contributed by atoms with Crippen LogP contribution in [0.3, 0.4) is 0 Å².